The van der Waals surface area contributed by atoms with Crippen LogP contribution in [-0.2, 0) is 11.1 Å². The minimum absolute atomic E-state index is 0.300. The van der Waals surface area contributed by atoms with Crippen molar-refractivity contribution < 1.29 is 0 Å². The Bertz CT molecular complexity index is 3740. The van der Waals surface area contributed by atoms with Gasteiger partial charge in [-0.05, 0) is 109 Å². The molecule has 0 N–H and O–H groups in total. The summed E-state index contributed by atoms with van der Waals surface area (Å²) in [5.41, 5.74) is 10.8. The van der Waals surface area contributed by atoms with Gasteiger partial charge in [0.25, 0.3) is 0 Å². The third-order valence-electron chi connectivity index (χ3n) is 15.5. The fourth-order valence-corrected chi connectivity index (χ4v) is 12.9. The van der Waals surface area contributed by atoms with Crippen molar-refractivity contribution in [1.29, 1.82) is 0 Å². The maximum atomic E-state index is 4.43. The Morgan fingerprint density at radius 3 is 1.66 bits per heavy atom. The standard InChI is InChI=1S/C59H52N4S/c1-7-59(8-2,40-26-29-51-47(34-40)44-19-9-13-21-50(44)61(51)41-27-28-46-49-36-60-32-31-56(49)64-57(46)35-41)63-54-24-16-12-20-45(54)48-33-39(25-30-55(48)63)58(6,38(5)37(3)4)62-52-22-14-10-17-42(52)43-18-11-15-23-53(43)62/h9-38H,7-8H2,1-6H3. The molecule has 0 saturated heterocycles. The fourth-order valence-electron chi connectivity index (χ4n) is 11.8. The van der Waals surface area contributed by atoms with Gasteiger partial charge in [-0.2, -0.15) is 0 Å². The van der Waals surface area contributed by atoms with Crippen LogP contribution in [0, 0.1) is 11.8 Å². The van der Waals surface area contributed by atoms with E-state index in [2.05, 4.69) is 218 Å². The van der Waals surface area contributed by atoms with Crippen molar-refractivity contribution in [2.24, 2.45) is 11.8 Å². The van der Waals surface area contributed by atoms with Crippen LogP contribution >= 0.6 is 11.3 Å². The number of rotatable bonds is 9. The molecule has 2 unspecified atom stereocenters. The quantitative estimate of drug-likeness (QED) is 0.142. The predicted octanol–water partition coefficient (Wildman–Crippen LogP) is 16.4. The zero-order chi connectivity index (χ0) is 43.5. The second-order valence-electron chi connectivity index (χ2n) is 18.6. The number of fused-ring (bicyclic) bond motifs is 12. The molecule has 64 heavy (non-hydrogen) atoms. The Morgan fingerprint density at radius 1 is 0.484 bits per heavy atom. The first-order valence-corrected chi connectivity index (χ1v) is 23.9. The molecule has 12 aromatic rings. The monoisotopic (exact) mass is 848 g/mol. The van der Waals surface area contributed by atoms with Crippen molar-refractivity contribution in [3.8, 4) is 5.69 Å². The highest BCUT2D eigenvalue weighted by Crippen LogP contribution is 2.48. The molecule has 0 spiro atoms. The van der Waals surface area contributed by atoms with Crippen LogP contribution in [0.1, 0.15) is 65.5 Å². The van der Waals surface area contributed by atoms with Crippen LogP contribution in [0.25, 0.3) is 91.3 Å². The van der Waals surface area contributed by atoms with Crippen LogP contribution in [-0.4, -0.2) is 18.7 Å². The molecule has 0 fully saturated rings. The lowest BCUT2D eigenvalue weighted by Gasteiger charge is -2.42. The number of hydrogen-bond donors (Lipinski definition) is 0. The van der Waals surface area contributed by atoms with E-state index < -0.39 is 0 Å². The molecule has 2 atom stereocenters. The van der Waals surface area contributed by atoms with Gasteiger partial charge in [0.15, 0.2) is 0 Å². The molecule has 0 radical (unpaired) electrons. The molecule has 7 aromatic carbocycles. The lowest BCUT2D eigenvalue weighted by atomic mass is 9.74. The minimum Gasteiger partial charge on any atom is -0.330 e. The summed E-state index contributed by atoms with van der Waals surface area (Å²) in [6, 6.07) is 59.9. The van der Waals surface area contributed by atoms with Crippen molar-refractivity contribution in [1.82, 2.24) is 18.7 Å². The fraction of sp³-hybridized carbons (Fsp3) is 0.203. The lowest BCUT2D eigenvalue weighted by Crippen LogP contribution is -2.40. The molecule has 0 amide bonds. The molecule has 0 saturated carbocycles. The van der Waals surface area contributed by atoms with Gasteiger partial charge < -0.3 is 13.7 Å². The van der Waals surface area contributed by atoms with Gasteiger partial charge in [0, 0.05) is 92.6 Å². The van der Waals surface area contributed by atoms with E-state index in [4.69, 9.17) is 0 Å². The zero-order valence-electron chi connectivity index (χ0n) is 37.4. The molecule has 314 valence electrons. The summed E-state index contributed by atoms with van der Waals surface area (Å²) < 4.78 is 10.4. The van der Waals surface area contributed by atoms with Crippen LogP contribution in [0.2, 0.25) is 0 Å². The smallest absolute Gasteiger partial charge is 0.0702 e. The number of benzene rings is 7. The van der Waals surface area contributed by atoms with Crippen LogP contribution in [0.5, 0.6) is 0 Å². The van der Waals surface area contributed by atoms with Gasteiger partial charge in [0.1, 0.15) is 0 Å². The first-order valence-electron chi connectivity index (χ1n) is 23.1. The number of pyridine rings is 1. The summed E-state index contributed by atoms with van der Waals surface area (Å²) in [5, 5.41) is 10.3. The van der Waals surface area contributed by atoms with Crippen molar-refractivity contribution >= 4 is 96.9 Å². The first kappa shape index (κ1) is 38.9. The minimum atomic E-state index is -0.334. The van der Waals surface area contributed by atoms with Gasteiger partial charge in [-0.25, -0.2) is 0 Å². The highest BCUT2D eigenvalue weighted by Gasteiger charge is 2.40. The maximum absolute atomic E-state index is 4.43. The van der Waals surface area contributed by atoms with Gasteiger partial charge in [-0.1, -0.05) is 126 Å². The van der Waals surface area contributed by atoms with Crippen molar-refractivity contribution in [2.75, 3.05) is 0 Å². The summed E-state index contributed by atoms with van der Waals surface area (Å²) in [6.07, 6.45) is 5.79. The SMILES string of the molecule is CCC(CC)(c1ccc2c(c1)c1ccccc1n2-c1ccc2c(c1)sc1ccncc12)n1c2ccccc2c2cc(C(C)(C(C)C(C)C)n3c4ccccc4c4ccccc43)ccc21. The van der Waals surface area contributed by atoms with E-state index in [1.54, 1.807) is 0 Å². The van der Waals surface area contributed by atoms with E-state index in [1.807, 2.05) is 23.7 Å². The average Bonchev–Trinajstić information content (AvgIpc) is 4.08. The summed E-state index contributed by atoms with van der Waals surface area (Å²) in [7, 11) is 0. The number of hydrogen-bond acceptors (Lipinski definition) is 2. The van der Waals surface area contributed by atoms with Crippen LogP contribution in [0.4, 0.5) is 0 Å². The number of thiophene rings is 1. The number of nitrogens with zero attached hydrogens (tertiary/aromatic N) is 4. The highest BCUT2D eigenvalue weighted by molar-refractivity contribution is 7.25. The molecule has 5 aromatic heterocycles. The average molecular weight is 849 g/mol. The molecule has 0 aliphatic carbocycles. The highest BCUT2D eigenvalue weighted by atomic mass is 32.1. The molecule has 0 bridgehead atoms. The van der Waals surface area contributed by atoms with Crippen LogP contribution in [0.15, 0.2) is 170 Å². The molecule has 0 aliphatic rings. The second kappa shape index (κ2) is 14.4. The summed E-state index contributed by atoms with van der Waals surface area (Å²) in [6.45, 7) is 14.5. The van der Waals surface area contributed by atoms with Crippen molar-refractivity contribution in [2.45, 2.75) is 65.5 Å². The predicted molar refractivity (Wildman–Crippen MR) is 275 cm³/mol. The van der Waals surface area contributed by atoms with Gasteiger partial charge in [-0.3, -0.25) is 4.98 Å². The Hall–Kier alpha value is -6.69. The zero-order valence-corrected chi connectivity index (χ0v) is 38.2. The molecule has 12 rings (SSSR count). The Balaban J connectivity index is 1.07. The Labute approximate surface area is 378 Å². The number of para-hydroxylation sites is 4. The molecular weight excluding hydrogens is 797 g/mol. The third-order valence-corrected chi connectivity index (χ3v) is 16.6. The Kier molecular flexibility index (Phi) is 8.77. The molecule has 5 heteroatoms. The first-order chi connectivity index (χ1) is 31.3. The second-order valence-corrected chi connectivity index (χ2v) is 19.7. The van der Waals surface area contributed by atoms with E-state index in [0.717, 1.165) is 12.8 Å². The van der Waals surface area contributed by atoms with Gasteiger partial charge in [0.2, 0.25) is 0 Å². The van der Waals surface area contributed by atoms with E-state index >= 15 is 0 Å². The molecule has 0 aliphatic heterocycles. The maximum Gasteiger partial charge on any atom is 0.0702 e. The Morgan fingerprint density at radius 2 is 1.00 bits per heavy atom. The topological polar surface area (TPSA) is 27.7 Å². The summed E-state index contributed by atoms with van der Waals surface area (Å²) in [4.78, 5) is 4.43. The summed E-state index contributed by atoms with van der Waals surface area (Å²) >= 11 is 1.84. The van der Waals surface area contributed by atoms with Crippen LogP contribution < -0.4 is 0 Å². The van der Waals surface area contributed by atoms with Crippen LogP contribution in [0.3, 0.4) is 0 Å². The van der Waals surface area contributed by atoms with E-state index in [-0.39, 0.29) is 11.1 Å². The molecular formula is C59H52N4S. The molecule has 4 nitrogen and oxygen atoms in total. The normalized spacial score (nSPS) is 14.1. The van der Waals surface area contributed by atoms with Gasteiger partial charge in [-0.15, -0.1) is 11.3 Å². The summed E-state index contributed by atoms with van der Waals surface area (Å²) in [5.74, 6) is 0.785. The third kappa shape index (κ3) is 5.31. The van der Waals surface area contributed by atoms with Crippen molar-refractivity contribution in [3.63, 3.8) is 0 Å². The van der Waals surface area contributed by atoms with Gasteiger partial charge >= 0.3 is 0 Å². The van der Waals surface area contributed by atoms with Gasteiger partial charge in [0.05, 0.1) is 22.1 Å². The van der Waals surface area contributed by atoms with E-state index in [1.165, 1.54) is 102 Å². The van der Waals surface area contributed by atoms with Crippen molar-refractivity contribution in [3.05, 3.63) is 181 Å². The lowest BCUT2D eigenvalue weighted by molar-refractivity contribution is 0.215. The largest absolute Gasteiger partial charge is 0.330 e. The molecule has 5 heterocycles. The number of aromatic nitrogens is 4. The van der Waals surface area contributed by atoms with E-state index in [0.29, 0.717) is 11.8 Å². The van der Waals surface area contributed by atoms with E-state index in [9.17, 15) is 0 Å².